The molecule has 1 saturated carbocycles. The van der Waals surface area contributed by atoms with Crippen LogP contribution in [-0.4, -0.2) is 24.5 Å². The molecule has 0 saturated heterocycles. The zero-order chi connectivity index (χ0) is 18.9. The summed E-state index contributed by atoms with van der Waals surface area (Å²) in [5.41, 5.74) is 1.61. The van der Waals surface area contributed by atoms with Crippen molar-refractivity contribution in [3.63, 3.8) is 0 Å². The third-order valence-corrected chi connectivity index (χ3v) is 5.67. The summed E-state index contributed by atoms with van der Waals surface area (Å²) < 4.78 is 32.5. The maximum Gasteiger partial charge on any atom is 0.276 e. The molecule has 1 aliphatic carbocycles. The summed E-state index contributed by atoms with van der Waals surface area (Å²) in [5.74, 6) is 0.581. The molecule has 2 heterocycles. The number of H-pyrrole nitrogens is 1. The summed E-state index contributed by atoms with van der Waals surface area (Å²) in [5, 5.41) is 9.58. The number of hydrogen-bond donors (Lipinski definition) is 3. The number of furan rings is 1. The predicted octanol–water partition coefficient (Wildman–Crippen LogP) is 2.61. The Kier molecular flexibility index (Phi) is 4.54. The zero-order valence-electron chi connectivity index (χ0n) is 14.3. The number of benzene rings is 1. The quantitative estimate of drug-likeness (QED) is 0.577. The van der Waals surface area contributed by atoms with Gasteiger partial charge in [-0.3, -0.25) is 9.89 Å². The number of aromatic amines is 1. The first-order valence-corrected chi connectivity index (χ1v) is 9.98. The van der Waals surface area contributed by atoms with Crippen LogP contribution in [-0.2, 0) is 16.6 Å². The van der Waals surface area contributed by atoms with Gasteiger partial charge in [0.25, 0.3) is 5.91 Å². The average molecular weight is 386 g/mol. The van der Waals surface area contributed by atoms with Crippen molar-refractivity contribution in [1.29, 1.82) is 0 Å². The standard InChI is InChI=1S/C18H18N4O4S/c23-18(17-10-16(21-22-17)12-6-7-12)20-13-3-1-5-15(9-13)27(24,25)19-11-14-4-2-8-26-14/h1-5,8-10,12,19H,6-7,11H2,(H,20,23)(H,21,22). The molecule has 0 aliphatic heterocycles. The average Bonchev–Trinajstić information content (AvgIpc) is 3.17. The van der Waals surface area contributed by atoms with Crippen LogP contribution in [0, 0.1) is 0 Å². The monoisotopic (exact) mass is 386 g/mol. The van der Waals surface area contributed by atoms with Crippen molar-refractivity contribution in [3.05, 3.63) is 65.9 Å². The fourth-order valence-electron chi connectivity index (χ4n) is 2.66. The van der Waals surface area contributed by atoms with Gasteiger partial charge in [-0.2, -0.15) is 5.10 Å². The number of anilines is 1. The van der Waals surface area contributed by atoms with E-state index in [4.69, 9.17) is 4.42 Å². The highest BCUT2D eigenvalue weighted by Crippen LogP contribution is 2.39. The molecule has 0 spiro atoms. The Hall–Kier alpha value is -2.91. The first-order chi connectivity index (χ1) is 13.0. The van der Waals surface area contributed by atoms with Gasteiger partial charge in [-0.1, -0.05) is 6.07 Å². The van der Waals surface area contributed by atoms with Crippen LogP contribution in [0.3, 0.4) is 0 Å². The summed E-state index contributed by atoms with van der Waals surface area (Å²) in [4.78, 5) is 12.4. The van der Waals surface area contributed by atoms with E-state index in [9.17, 15) is 13.2 Å². The minimum absolute atomic E-state index is 0.0448. The fraction of sp³-hybridized carbons (Fsp3) is 0.222. The number of nitrogens with one attached hydrogen (secondary N) is 3. The Bertz CT molecular complexity index is 1050. The van der Waals surface area contributed by atoms with E-state index in [1.54, 1.807) is 30.3 Å². The lowest BCUT2D eigenvalue weighted by atomic mass is 10.2. The van der Waals surface area contributed by atoms with E-state index in [-0.39, 0.29) is 17.1 Å². The van der Waals surface area contributed by atoms with E-state index in [1.807, 2.05) is 0 Å². The lowest BCUT2D eigenvalue weighted by molar-refractivity contribution is 0.102. The molecule has 3 N–H and O–H groups in total. The first-order valence-electron chi connectivity index (χ1n) is 8.50. The summed E-state index contributed by atoms with van der Waals surface area (Å²) >= 11 is 0. The van der Waals surface area contributed by atoms with E-state index < -0.39 is 15.9 Å². The molecular formula is C18H18N4O4S. The maximum atomic E-state index is 12.4. The first kappa shape index (κ1) is 17.5. The van der Waals surface area contributed by atoms with E-state index in [0.717, 1.165) is 18.5 Å². The Morgan fingerprint density at radius 1 is 1.22 bits per heavy atom. The molecule has 2 aromatic heterocycles. The third-order valence-electron chi connectivity index (χ3n) is 4.27. The predicted molar refractivity (Wildman–Crippen MR) is 97.7 cm³/mol. The minimum Gasteiger partial charge on any atom is -0.468 e. The van der Waals surface area contributed by atoms with E-state index in [2.05, 4.69) is 20.2 Å². The number of nitrogens with zero attached hydrogens (tertiary/aromatic N) is 1. The van der Waals surface area contributed by atoms with Crippen LogP contribution in [0.15, 0.2) is 58.0 Å². The van der Waals surface area contributed by atoms with Gasteiger partial charge in [0.1, 0.15) is 5.76 Å². The molecule has 1 amide bonds. The zero-order valence-corrected chi connectivity index (χ0v) is 15.1. The maximum absolute atomic E-state index is 12.4. The molecule has 9 heteroatoms. The lowest BCUT2D eigenvalue weighted by Gasteiger charge is -2.08. The number of amides is 1. The number of rotatable bonds is 7. The van der Waals surface area contributed by atoms with Crippen LogP contribution in [0.4, 0.5) is 5.69 Å². The number of sulfonamides is 1. The van der Waals surface area contributed by atoms with Crippen molar-refractivity contribution in [3.8, 4) is 0 Å². The van der Waals surface area contributed by atoms with Gasteiger partial charge in [-0.25, -0.2) is 13.1 Å². The van der Waals surface area contributed by atoms with Gasteiger partial charge < -0.3 is 9.73 Å². The summed E-state index contributed by atoms with van der Waals surface area (Å²) in [6, 6.07) is 11.1. The normalized spacial score (nSPS) is 14.2. The highest BCUT2D eigenvalue weighted by atomic mass is 32.2. The number of carbonyl (C=O) groups is 1. The van der Waals surface area contributed by atoms with E-state index in [1.165, 1.54) is 18.4 Å². The largest absolute Gasteiger partial charge is 0.468 e. The Morgan fingerprint density at radius 2 is 2.07 bits per heavy atom. The van der Waals surface area contributed by atoms with Crippen molar-refractivity contribution in [2.45, 2.75) is 30.2 Å². The highest BCUT2D eigenvalue weighted by molar-refractivity contribution is 7.89. The summed E-state index contributed by atoms with van der Waals surface area (Å²) in [7, 11) is -3.74. The van der Waals surface area contributed by atoms with Gasteiger partial charge in [-0.15, -0.1) is 0 Å². The molecule has 0 unspecified atom stereocenters. The molecule has 4 rings (SSSR count). The molecule has 1 aromatic carbocycles. The molecule has 0 radical (unpaired) electrons. The van der Waals surface area contributed by atoms with Gasteiger partial charge in [0.05, 0.1) is 17.7 Å². The van der Waals surface area contributed by atoms with Crippen LogP contribution in [0.5, 0.6) is 0 Å². The van der Waals surface area contributed by atoms with Gasteiger partial charge in [0.2, 0.25) is 10.0 Å². The highest BCUT2D eigenvalue weighted by Gasteiger charge is 2.26. The molecule has 1 fully saturated rings. The van der Waals surface area contributed by atoms with Crippen LogP contribution < -0.4 is 10.0 Å². The van der Waals surface area contributed by atoms with Gasteiger partial charge in [0.15, 0.2) is 5.69 Å². The summed E-state index contributed by atoms with van der Waals surface area (Å²) in [6.45, 7) is 0.0448. The van der Waals surface area contributed by atoms with Gasteiger partial charge >= 0.3 is 0 Å². The van der Waals surface area contributed by atoms with E-state index in [0.29, 0.717) is 17.4 Å². The summed E-state index contributed by atoms with van der Waals surface area (Å²) in [6.07, 6.45) is 3.69. The Balaban J connectivity index is 1.45. The minimum atomic E-state index is -3.74. The van der Waals surface area contributed by atoms with Gasteiger partial charge in [-0.05, 0) is 49.2 Å². The number of hydrogen-bond acceptors (Lipinski definition) is 5. The van der Waals surface area contributed by atoms with Crippen LogP contribution in [0.1, 0.15) is 40.7 Å². The Morgan fingerprint density at radius 3 is 2.81 bits per heavy atom. The van der Waals surface area contributed by atoms with Gasteiger partial charge in [0, 0.05) is 17.3 Å². The van der Waals surface area contributed by atoms with Crippen LogP contribution in [0.25, 0.3) is 0 Å². The number of aromatic nitrogens is 2. The number of carbonyl (C=O) groups excluding carboxylic acids is 1. The molecule has 3 aromatic rings. The van der Waals surface area contributed by atoms with Crippen molar-refractivity contribution in [2.75, 3.05) is 5.32 Å². The van der Waals surface area contributed by atoms with E-state index >= 15 is 0 Å². The molecule has 8 nitrogen and oxygen atoms in total. The second-order valence-electron chi connectivity index (χ2n) is 6.37. The molecule has 0 atom stereocenters. The third kappa shape index (κ3) is 4.09. The fourth-order valence-corrected chi connectivity index (χ4v) is 3.69. The Labute approximate surface area is 156 Å². The molecule has 0 bridgehead atoms. The molecular weight excluding hydrogens is 368 g/mol. The second-order valence-corrected chi connectivity index (χ2v) is 8.14. The second kappa shape index (κ2) is 7.01. The molecule has 1 aliphatic rings. The van der Waals surface area contributed by atoms with Crippen molar-refractivity contribution in [2.24, 2.45) is 0 Å². The van der Waals surface area contributed by atoms with Crippen molar-refractivity contribution >= 4 is 21.6 Å². The molecule has 27 heavy (non-hydrogen) atoms. The smallest absolute Gasteiger partial charge is 0.276 e. The SMILES string of the molecule is O=C(Nc1cccc(S(=O)(=O)NCc2ccco2)c1)c1cc(C2CC2)[nH]n1. The topological polar surface area (TPSA) is 117 Å². The lowest BCUT2D eigenvalue weighted by Crippen LogP contribution is -2.23. The van der Waals surface area contributed by atoms with Crippen molar-refractivity contribution < 1.29 is 17.6 Å². The molecule has 140 valence electrons. The van der Waals surface area contributed by atoms with Crippen LogP contribution in [0.2, 0.25) is 0 Å². The van der Waals surface area contributed by atoms with Crippen LogP contribution >= 0.6 is 0 Å². The van der Waals surface area contributed by atoms with Crippen molar-refractivity contribution in [1.82, 2.24) is 14.9 Å².